The Morgan fingerprint density at radius 3 is 2.32 bits per heavy atom. The van der Waals surface area contributed by atoms with Gasteiger partial charge in [-0.05, 0) is 37.1 Å². The third kappa shape index (κ3) is 4.34. The van der Waals surface area contributed by atoms with Crippen LogP contribution in [0.25, 0.3) is 11.2 Å². The highest BCUT2D eigenvalue weighted by Crippen LogP contribution is 2.32. The predicted molar refractivity (Wildman–Crippen MR) is 104 cm³/mol. The van der Waals surface area contributed by atoms with Crippen LogP contribution in [0.1, 0.15) is 24.6 Å². The van der Waals surface area contributed by atoms with Gasteiger partial charge in [-0.1, -0.05) is 0 Å². The standard InChI is InChI=1S/C17H18F3N7O3S/c18-17(19,20)30-10-1-3-11(4-2-10)31(28,29)27-7-5-9(6-8-27)14-23-12-13(21)24-16(22)26-15(12)25-14/h1-4,9H,5-8H2,(H5,21,22,23,24,25,26). The van der Waals surface area contributed by atoms with Crippen LogP contribution in [-0.4, -0.2) is 52.1 Å². The Kier molecular flexibility index (Phi) is 5.13. The number of piperidine rings is 1. The van der Waals surface area contributed by atoms with E-state index < -0.39 is 22.1 Å². The molecule has 5 N–H and O–H groups in total. The Hall–Kier alpha value is -3.13. The summed E-state index contributed by atoms with van der Waals surface area (Å²) in [7, 11) is -3.86. The summed E-state index contributed by atoms with van der Waals surface area (Å²) in [5.41, 5.74) is 12.2. The number of H-pyrrole nitrogens is 1. The summed E-state index contributed by atoms with van der Waals surface area (Å²) < 4.78 is 67.6. The molecule has 0 saturated carbocycles. The largest absolute Gasteiger partial charge is 0.573 e. The molecule has 2 aromatic heterocycles. The summed E-state index contributed by atoms with van der Waals surface area (Å²) in [6, 6.07) is 4.12. The number of nitrogens with two attached hydrogens (primary N) is 2. The molecule has 166 valence electrons. The van der Waals surface area contributed by atoms with Crippen molar-refractivity contribution in [2.45, 2.75) is 30.0 Å². The van der Waals surface area contributed by atoms with Gasteiger partial charge in [-0.3, -0.25) is 0 Å². The topological polar surface area (TPSA) is 153 Å². The smallest absolute Gasteiger partial charge is 0.406 e. The second-order valence-electron chi connectivity index (χ2n) is 6.99. The van der Waals surface area contributed by atoms with Gasteiger partial charge in [0.25, 0.3) is 0 Å². The lowest BCUT2D eigenvalue weighted by Crippen LogP contribution is -2.38. The first-order valence-electron chi connectivity index (χ1n) is 9.17. The number of fused-ring (bicyclic) bond motifs is 1. The molecule has 0 spiro atoms. The average molecular weight is 457 g/mol. The van der Waals surface area contributed by atoms with Crippen LogP contribution in [-0.2, 0) is 10.0 Å². The highest BCUT2D eigenvalue weighted by Gasteiger charge is 2.33. The van der Waals surface area contributed by atoms with Crippen LogP contribution >= 0.6 is 0 Å². The van der Waals surface area contributed by atoms with E-state index in [1.54, 1.807) is 0 Å². The van der Waals surface area contributed by atoms with Gasteiger partial charge in [0.15, 0.2) is 11.5 Å². The fourth-order valence-electron chi connectivity index (χ4n) is 3.48. The molecule has 1 fully saturated rings. The quantitative estimate of drug-likeness (QED) is 0.538. The molecule has 0 bridgehead atoms. The minimum Gasteiger partial charge on any atom is -0.406 e. The van der Waals surface area contributed by atoms with Crippen molar-refractivity contribution in [3.05, 3.63) is 30.1 Å². The summed E-state index contributed by atoms with van der Waals surface area (Å²) in [5.74, 6) is 0.268. The number of hydrogen-bond donors (Lipinski definition) is 3. The van der Waals surface area contributed by atoms with Crippen LogP contribution in [0.2, 0.25) is 0 Å². The minimum absolute atomic E-state index is 0.00983. The molecule has 0 radical (unpaired) electrons. The van der Waals surface area contributed by atoms with Gasteiger partial charge in [-0.2, -0.15) is 14.3 Å². The number of alkyl halides is 3. The van der Waals surface area contributed by atoms with Gasteiger partial charge in [-0.25, -0.2) is 13.4 Å². The van der Waals surface area contributed by atoms with Crippen LogP contribution in [0.4, 0.5) is 24.9 Å². The molecule has 4 rings (SSSR count). The van der Waals surface area contributed by atoms with Crippen molar-refractivity contribution in [1.29, 1.82) is 0 Å². The van der Waals surface area contributed by atoms with Gasteiger partial charge in [0.05, 0.1) is 4.90 Å². The van der Waals surface area contributed by atoms with Crippen molar-refractivity contribution < 1.29 is 26.3 Å². The first kappa shape index (κ1) is 21.1. The first-order chi connectivity index (χ1) is 14.5. The second kappa shape index (κ2) is 7.53. The molecule has 1 aliphatic heterocycles. The molecule has 1 aliphatic rings. The molecule has 14 heteroatoms. The molecule has 3 heterocycles. The summed E-state index contributed by atoms with van der Waals surface area (Å²) in [5, 5.41) is 0. The van der Waals surface area contributed by atoms with Crippen LogP contribution < -0.4 is 16.2 Å². The molecule has 0 aliphatic carbocycles. The number of halogens is 3. The summed E-state index contributed by atoms with van der Waals surface area (Å²) >= 11 is 0. The fraction of sp³-hybridized carbons (Fsp3) is 0.353. The van der Waals surface area contributed by atoms with Gasteiger partial charge in [-0.15, -0.1) is 13.2 Å². The van der Waals surface area contributed by atoms with E-state index in [0.717, 1.165) is 24.3 Å². The molecule has 1 aromatic carbocycles. The van der Waals surface area contributed by atoms with Crippen LogP contribution in [0, 0.1) is 0 Å². The van der Waals surface area contributed by atoms with E-state index in [-0.39, 0.29) is 35.7 Å². The summed E-state index contributed by atoms with van der Waals surface area (Å²) in [4.78, 5) is 15.3. The zero-order chi connectivity index (χ0) is 22.4. The lowest BCUT2D eigenvalue weighted by Gasteiger charge is -2.30. The first-order valence-corrected chi connectivity index (χ1v) is 10.6. The molecule has 31 heavy (non-hydrogen) atoms. The van der Waals surface area contributed by atoms with Gasteiger partial charge >= 0.3 is 6.36 Å². The van der Waals surface area contributed by atoms with Gasteiger partial charge in [0.1, 0.15) is 17.1 Å². The predicted octanol–water partition coefficient (Wildman–Crippen LogP) is 1.98. The number of nitrogens with one attached hydrogen (secondary N) is 1. The molecule has 0 atom stereocenters. The number of sulfonamides is 1. The van der Waals surface area contributed by atoms with E-state index >= 15 is 0 Å². The number of aromatic nitrogens is 4. The molecule has 0 amide bonds. The maximum Gasteiger partial charge on any atom is 0.573 e. The van der Waals surface area contributed by atoms with Crippen LogP contribution in [0.5, 0.6) is 5.75 Å². The maximum absolute atomic E-state index is 12.8. The lowest BCUT2D eigenvalue weighted by molar-refractivity contribution is -0.274. The number of rotatable bonds is 4. The number of benzene rings is 1. The fourth-order valence-corrected chi connectivity index (χ4v) is 4.95. The monoisotopic (exact) mass is 457 g/mol. The Balaban J connectivity index is 1.46. The van der Waals surface area contributed by atoms with Gasteiger partial charge in [0, 0.05) is 19.0 Å². The van der Waals surface area contributed by atoms with Crippen LogP contribution in [0.3, 0.4) is 0 Å². The normalized spacial score (nSPS) is 16.6. The molecule has 1 saturated heterocycles. The molecule has 3 aromatic rings. The van der Waals surface area contributed by atoms with Crippen molar-refractivity contribution >= 4 is 33.0 Å². The van der Waals surface area contributed by atoms with E-state index in [4.69, 9.17) is 11.5 Å². The highest BCUT2D eigenvalue weighted by atomic mass is 32.2. The van der Waals surface area contributed by atoms with Gasteiger partial charge in [0.2, 0.25) is 16.0 Å². The Bertz CT molecular complexity index is 1200. The molecule has 10 nitrogen and oxygen atoms in total. The highest BCUT2D eigenvalue weighted by molar-refractivity contribution is 7.89. The second-order valence-corrected chi connectivity index (χ2v) is 8.92. The minimum atomic E-state index is -4.85. The Morgan fingerprint density at radius 2 is 1.71 bits per heavy atom. The van der Waals surface area contributed by atoms with E-state index in [1.807, 2.05) is 0 Å². The number of nitrogens with zero attached hydrogens (tertiary/aromatic N) is 4. The van der Waals surface area contributed by atoms with Crippen molar-refractivity contribution in [1.82, 2.24) is 24.2 Å². The number of nitrogen functional groups attached to an aromatic ring is 2. The number of ether oxygens (including phenoxy) is 1. The van der Waals surface area contributed by atoms with Crippen molar-refractivity contribution in [3.63, 3.8) is 0 Å². The Labute approximate surface area is 174 Å². The number of imidazole rings is 1. The average Bonchev–Trinajstić information content (AvgIpc) is 3.12. The van der Waals surface area contributed by atoms with E-state index in [1.165, 1.54) is 4.31 Å². The number of hydrogen-bond acceptors (Lipinski definition) is 8. The van der Waals surface area contributed by atoms with Crippen molar-refractivity contribution in [3.8, 4) is 5.75 Å². The summed E-state index contributed by atoms with van der Waals surface area (Å²) in [6.45, 7) is 0.433. The van der Waals surface area contributed by atoms with Crippen LogP contribution in [0.15, 0.2) is 29.2 Å². The SMILES string of the molecule is Nc1nc(N)c2[nH]c(C3CCN(S(=O)(=O)c4ccc(OC(F)(F)F)cc4)CC3)nc2n1. The van der Waals surface area contributed by atoms with Crippen molar-refractivity contribution in [2.24, 2.45) is 0 Å². The number of aromatic amines is 1. The third-order valence-corrected chi connectivity index (χ3v) is 6.86. The Morgan fingerprint density at radius 1 is 1.06 bits per heavy atom. The lowest BCUT2D eigenvalue weighted by atomic mass is 9.97. The van der Waals surface area contributed by atoms with Crippen molar-refractivity contribution in [2.75, 3.05) is 24.6 Å². The molecular weight excluding hydrogens is 439 g/mol. The zero-order valence-electron chi connectivity index (χ0n) is 15.9. The van der Waals surface area contributed by atoms with E-state index in [0.29, 0.717) is 29.8 Å². The van der Waals surface area contributed by atoms with Gasteiger partial charge < -0.3 is 21.2 Å². The zero-order valence-corrected chi connectivity index (χ0v) is 16.7. The van der Waals surface area contributed by atoms with E-state index in [9.17, 15) is 21.6 Å². The summed E-state index contributed by atoms with van der Waals surface area (Å²) in [6.07, 6.45) is -3.88. The number of anilines is 2. The maximum atomic E-state index is 12.8. The third-order valence-electron chi connectivity index (χ3n) is 4.95. The van der Waals surface area contributed by atoms with E-state index in [2.05, 4.69) is 24.7 Å². The molecule has 0 unspecified atom stereocenters. The molecular formula is C17H18F3N7O3S.